The Bertz CT molecular complexity index is 1670. The molecular weight excluding hydrogens is 596 g/mol. The molecule has 0 unspecified atom stereocenters. The van der Waals surface area contributed by atoms with Crippen molar-refractivity contribution in [2.45, 2.75) is 64.2 Å². The van der Waals surface area contributed by atoms with Gasteiger partial charge in [-0.15, -0.1) is 0 Å². The number of hydrogen-bond donors (Lipinski definition) is 0. The van der Waals surface area contributed by atoms with Crippen molar-refractivity contribution in [3.63, 3.8) is 0 Å². The molecule has 4 rings (SSSR count). The lowest BCUT2D eigenvalue weighted by atomic mass is 9.96. The van der Waals surface area contributed by atoms with Crippen LogP contribution in [-0.2, 0) is 38.3 Å². The maximum Gasteiger partial charge on any atom is 0.305 e. The molecule has 0 saturated heterocycles. The number of fused-ring (bicyclic) bond motifs is 1. The first-order chi connectivity index (χ1) is 23.0. The van der Waals surface area contributed by atoms with Crippen molar-refractivity contribution in [1.29, 1.82) is 0 Å². The topological polar surface area (TPSA) is 101 Å². The minimum Gasteiger partial charge on any atom is -0.493 e. The van der Waals surface area contributed by atoms with E-state index in [9.17, 15) is 14.4 Å². The molecule has 0 amide bonds. The predicted octanol–water partition coefficient (Wildman–Crippen LogP) is 7.67. The minimum atomic E-state index is -0.264. The average molecular weight is 641 g/mol. The van der Waals surface area contributed by atoms with Crippen LogP contribution in [0.2, 0.25) is 0 Å². The van der Waals surface area contributed by atoms with Crippen LogP contribution in [-0.4, -0.2) is 39.4 Å². The Hall–Kier alpha value is -4.85. The van der Waals surface area contributed by atoms with Crippen molar-refractivity contribution < 1.29 is 33.0 Å². The van der Waals surface area contributed by atoms with Crippen LogP contribution in [0.25, 0.3) is 17.0 Å². The number of aryl methyl sites for hydroxylation is 1. The van der Waals surface area contributed by atoms with E-state index in [1.54, 1.807) is 6.07 Å². The SMILES string of the molecule is COC(=O)CCCOc1cccc(CCCCCCOc2ccc3c(=O)ccoc3c2CC=Cc2ccccc2)c1CCC(=O)OC. The third kappa shape index (κ3) is 10.9. The van der Waals surface area contributed by atoms with Gasteiger partial charge in [0.1, 0.15) is 17.1 Å². The number of unbranched alkanes of at least 4 members (excludes halogenated alkanes) is 3. The Morgan fingerprint density at radius 2 is 1.43 bits per heavy atom. The van der Waals surface area contributed by atoms with E-state index in [0.717, 1.165) is 65.9 Å². The number of carbonyl (C=O) groups is 2. The van der Waals surface area contributed by atoms with Crippen molar-refractivity contribution in [3.05, 3.63) is 112 Å². The van der Waals surface area contributed by atoms with Crippen LogP contribution in [0.3, 0.4) is 0 Å². The molecule has 0 aliphatic rings. The molecule has 4 aromatic rings. The Labute approximate surface area is 276 Å². The molecule has 8 heteroatoms. The number of hydrogen-bond acceptors (Lipinski definition) is 8. The van der Waals surface area contributed by atoms with Crippen LogP contribution in [0, 0.1) is 0 Å². The van der Waals surface area contributed by atoms with Crippen molar-refractivity contribution in [3.8, 4) is 11.5 Å². The van der Waals surface area contributed by atoms with Gasteiger partial charge in [-0.05, 0) is 73.4 Å². The van der Waals surface area contributed by atoms with Crippen LogP contribution in [0.15, 0.2) is 88.3 Å². The second-order valence-electron chi connectivity index (χ2n) is 11.2. The summed E-state index contributed by atoms with van der Waals surface area (Å²) in [6.07, 6.45) is 12.5. The molecular formula is C39H44O8. The molecule has 0 saturated carbocycles. The molecule has 47 heavy (non-hydrogen) atoms. The van der Waals surface area contributed by atoms with Crippen molar-refractivity contribution >= 4 is 29.0 Å². The standard InChI is InChI=1S/C39H44O8/c1-43-37(41)20-12-27-46-35-19-11-17-30(31(35)22-24-38(42)44-2)16-8-3-4-9-26-45-36-23-21-32-34(40)25-28-47-39(32)33(36)18-10-15-29-13-6-5-7-14-29/h5-7,10-11,13-15,17,19,21,23,25,28H,3-4,8-9,12,16,18,20,22,24,26-27H2,1-2H3. The third-order valence-corrected chi connectivity index (χ3v) is 7.97. The summed E-state index contributed by atoms with van der Waals surface area (Å²) in [4.78, 5) is 35.8. The van der Waals surface area contributed by atoms with Crippen molar-refractivity contribution in [2.75, 3.05) is 27.4 Å². The highest BCUT2D eigenvalue weighted by molar-refractivity contribution is 5.82. The summed E-state index contributed by atoms with van der Waals surface area (Å²) in [5.74, 6) is 0.939. The van der Waals surface area contributed by atoms with Gasteiger partial charge in [0, 0.05) is 24.5 Å². The fourth-order valence-corrected chi connectivity index (χ4v) is 5.44. The van der Waals surface area contributed by atoms with Gasteiger partial charge in [0.2, 0.25) is 0 Å². The van der Waals surface area contributed by atoms with E-state index < -0.39 is 0 Å². The van der Waals surface area contributed by atoms with E-state index >= 15 is 0 Å². The maximum absolute atomic E-state index is 12.5. The lowest BCUT2D eigenvalue weighted by molar-refractivity contribution is -0.141. The Kier molecular flexibility index (Phi) is 14.1. The second-order valence-corrected chi connectivity index (χ2v) is 11.2. The van der Waals surface area contributed by atoms with Crippen molar-refractivity contribution in [2.24, 2.45) is 0 Å². The molecule has 248 valence electrons. The summed E-state index contributed by atoms with van der Waals surface area (Å²) in [5, 5.41) is 0.546. The van der Waals surface area contributed by atoms with E-state index in [1.165, 1.54) is 26.5 Å². The van der Waals surface area contributed by atoms with Gasteiger partial charge >= 0.3 is 11.9 Å². The first kappa shape index (κ1) is 35.0. The van der Waals surface area contributed by atoms with Gasteiger partial charge in [-0.1, -0.05) is 67.5 Å². The zero-order chi connectivity index (χ0) is 33.3. The highest BCUT2D eigenvalue weighted by Crippen LogP contribution is 2.29. The summed E-state index contributed by atoms with van der Waals surface area (Å²) in [5.41, 5.74) is 4.61. The molecule has 0 aliphatic carbocycles. The summed E-state index contributed by atoms with van der Waals surface area (Å²) in [7, 11) is 2.77. The monoisotopic (exact) mass is 640 g/mol. The lowest BCUT2D eigenvalue weighted by Crippen LogP contribution is -2.08. The molecule has 1 aromatic heterocycles. The molecule has 0 bridgehead atoms. The fraction of sp³-hybridized carbons (Fsp3) is 0.359. The molecule has 8 nitrogen and oxygen atoms in total. The molecule has 0 aliphatic heterocycles. The van der Waals surface area contributed by atoms with Gasteiger partial charge < -0.3 is 23.4 Å². The normalized spacial score (nSPS) is 11.1. The lowest BCUT2D eigenvalue weighted by Gasteiger charge is -2.16. The van der Waals surface area contributed by atoms with Crippen LogP contribution >= 0.6 is 0 Å². The van der Waals surface area contributed by atoms with E-state index in [-0.39, 0.29) is 23.8 Å². The molecule has 0 atom stereocenters. The quantitative estimate of drug-likeness (QED) is 0.0760. The van der Waals surface area contributed by atoms with Crippen LogP contribution in [0.4, 0.5) is 0 Å². The number of ether oxygens (including phenoxy) is 4. The highest BCUT2D eigenvalue weighted by atomic mass is 16.5. The van der Waals surface area contributed by atoms with E-state index in [2.05, 4.69) is 18.2 Å². The molecule has 1 heterocycles. The summed E-state index contributed by atoms with van der Waals surface area (Å²) in [6.45, 7) is 0.940. The molecule has 0 fully saturated rings. The Balaban J connectivity index is 1.31. The average Bonchev–Trinajstić information content (AvgIpc) is 3.10. The van der Waals surface area contributed by atoms with Gasteiger partial charge in [0.15, 0.2) is 5.43 Å². The number of methoxy groups -OCH3 is 2. The maximum atomic E-state index is 12.5. The molecule has 3 aromatic carbocycles. The van der Waals surface area contributed by atoms with Gasteiger partial charge in [-0.3, -0.25) is 14.4 Å². The van der Waals surface area contributed by atoms with Gasteiger partial charge in [0.05, 0.1) is 39.1 Å². The zero-order valence-electron chi connectivity index (χ0n) is 27.3. The van der Waals surface area contributed by atoms with Crippen LogP contribution in [0.5, 0.6) is 11.5 Å². The Morgan fingerprint density at radius 3 is 2.21 bits per heavy atom. The van der Waals surface area contributed by atoms with E-state index in [4.69, 9.17) is 23.4 Å². The molecule has 0 N–H and O–H groups in total. The van der Waals surface area contributed by atoms with E-state index in [0.29, 0.717) is 49.9 Å². The summed E-state index contributed by atoms with van der Waals surface area (Å²) >= 11 is 0. The van der Waals surface area contributed by atoms with E-state index in [1.807, 2.05) is 48.5 Å². The first-order valence-corrected chi connectivity index (χ1v) is 16.2. The minimum absolute atomic E-state index is 0.0739. The second kappa shape index (κ2) is 19.0. The van der Waals surface area contributed by atoms with Gasteiger partial charge in [-0.25, -0.2) is 0 Å². The van der Waals surface area contributed by atoms with Crippen LogP contribution < -0.4 is 14.9 Å². The predicted molar refractivity (Wildman–Crippen MR) is 183 cm³/mol. The van der Waals surface area contributed by atoms with Crippen molar-refractivity contribution in [1.82, 2.24) is 0 Å². The fourth-order valence-electron chi connectivity index (χ4n) is 5.44. The van der Waals surface area contributed by atoms with Gasteiger partial charge in [0.25, 0.3) is 0 Å². The molecule has 0 spiro atoms. The number of carbonyl (C=O) groups excluding carboxylic acids is 2. The number of rotatable bonds is 19. The smallest absolute Gasteiger partial charge is 0.305 e. The third-order valence-electron chi connectivity index (χ3n) is 7.97. The largest absolute Gasteiger partial charge is 0.493 e. The van der Waals surface area contributed by atoms with Crippen LogP contribution in [0.1, 0.15) is 67.2 Å². The Morgan fingerprint density at radius 1 is 0.702 bits per heavy atom. The summed E-state index contributed by atoms with van der Waals surface area (Å²) in [6, 6.07) is 21.1. The zero-order valence-corrected chi connectivity index (χ0v) is 27.3. The molecule has 0 radical (unpaired) electrons. The summed E-state index contributed by atoms with van der Waals surface area (Å²) < 4.78 is 27.6. The number of allylic oxidation sites excluding steroid dienone is 1. The highest BCUT2D eigenvalue weighted by Gasteiger charge is 2.14. The van der Waals surface area contributed by atoms with Gasteiger partial charge in [-0.2, -0.15) is 0 Å². The number of benzene rings is 3. The number of esters is 2. The first-order valence-electron chi connectivity index (χ1n) is 16.2.